The van der Waals surface area contributed by atoms with Crippen LogP contribution in [-0.2, 0) is 18.0 Å². The third-order valence-electron chi connectivity index (χ3n) is 3.56. The monoisotopic (exact) mass is 379 g/mol. The Labute approximate surface area is 133 Å². The quantitative estimate of drug-likeness (QED) is 0.825. The summed E-state index contributed by atoms with van der Waals surface area (Å²) in [5.74, 6) is -2.11. The minimum atomic E-state index is -0.880. The van der Waals surface area contributed by atoms with Crippen LogP contribution in [0.2, 0.25) is 0 Å². The number of rotatable bonds is 3. The summed E-state index contributed by atoms with van der Waals surface area (Å²) in [4.78, 5) is 15.4. The highest BCUT2D eigenvalue weighted by molar-refractivity contribution is 9.06. The standard InChI is InChI=1S/C12H15BrFN3O5/c1-12(2)21-7-6(4-19-13)20-10(8(7)22-12)17-3-5(14)9(15)16-11(17)18/h3,6-8,10H,4H2,1-2H3,(H2,15,16,18)/t6-,7+,8-,10-/m1/s1. The molecule has 0 amide bonds. The summed E-state index contributed by atoms with van der Waals surface area (Å²) in [7, 11) is 0. The fourth-order valence-electron chi connectivity index (χ4n) is 2.72. The summed E-state index contributed by atoms with van der Waals surface area (Å²) in [6, 6.07) is 0. The van der Waals surface area contributed by atoms with Crippen molar-refractivity contribution in [2.75, 3.05) is 12.3 Å². The van der Waals surface area contributed by atoms with Gasteiger partial charge in [-0.25, -0.2) is 9.18 Å². The van der Waals surface area contributed by atoms with Gasteiger partial charge in [-0.2, -0.15) is 4.98 Å². The van der Waals surface area contributed by atoms with Gasteiger partial charge in [0.2, 0.25) is 0 Å². The van der Waals surface area contributed by atoms with E-state index in [0.29, 0.717) is 0 Å². The Morgan fingerprint density at radius 2 is 2.18 bits per heavy atom. The van der Waals surface area contributed by atoms with E-state index in [1.54, 1.807) is 13.8 Å². The topological polar surface area (TPSA) is 97.8 Å². The number of nitrogens with two attached hydrogens (primary N) is 1. The van der Waals surface area contributed by atoms with Crippen molar-refractivity contribution >= 4 is 22.1 Å². The second-order valence-corrected chi connectivity index (χ2v) is 6.03. The molecule has 2 N–H and O–H groups in total. The van der Waals surface area contributed by atoms with E-state index in [9.17, 15) is 9.18 Å². The van der Waals surface area contributed by atoms with Gasteiger partial charge < -0.3 is 23.8 Å². The number of halogens is 2. The molecule has 8 nitrogen and oxygen atoms in total. The van der Waals surface area contributed by atoms with Crippen LogP contribution in [0.5, 0.6) is 0 Å². The zero-order valence-electron chi connectivity index (χ0n) is 11.9. The number of aromatic nitrogens is 2. The largest absolute Gasteiger partial charge is 0.381 e. The third kappa shape index (κ3) is 2.65. The van der Waals surface area contributed by atoms with Crippen molar-refractivity contribution in [2.45, 2.75) is 44.2 Å². The molecular formula is C12H15BrFN3O5. The first-order valence-corrected chi connectivity index (χ1v) is 7.26. The average Bonchev–Trinajstić information content (AvgIpc) is 2.89. The molecular weight excluding hydrogens is 365 g/mol. The summed E-state index contributed by atoms with van der Waals surface area (Å²) < 4.78 is 36.9. The van der Waals surface area contributed by atoms with E-state index in [0.717, 1.165) is 10.8 Å². The molecule has 22 heavy (non-hydrogen) atoms. The molecule has 0 aliphatic carbocycles. The molecule has 2 saturated heterocycles. The number of anilines is 1. The Morgan fingerprint density at radius 1 is 1.50 bits per heavy atom. The lowest BCUT2D eigenvalue weighted by molar-refractivity contribution is -0.199. The molecule has 2 fully saturated rings. The molecule has 1 aromatic heterocycles. The first-order valence-electron chi connectivity index (χ1n) is 6.61. The second kappa shape index (κ2) is 5.53. The molecule has 0 aromatic carbocycles. The van der Waals surface area contributed by atoms with Crippen molar-refractivity contribution in [3.8, 4) is 0 Å². The van der Waals surface area contributed by atoms with Gasteiger partial charge in [-0.15, -0.1) is 0 Å². The summed E-state index contributed by atoms with van der Waals surface area (Å²) in [5, 5.41) is 0. The molecule has 122 valence electrons. The van der Waals surface area contributed by atoms with Gasteiger partial charge in [0.25, 0.3) is 0 Å². The zero-order chi connectivity index (χ0) is 16.1. The summed E-state index contributed by atoms with van der Waals surface area (Å²) in [5.41, 5.74) is 4.57. The van der Waals surface area contributed by atoms with Gasteiger partial charge in [0.15, 0.2) is 23.7 Å². The Balaban J connectivity index is 1.97. The van der Waals surface area contributed by atoms with Crippen LogP contribution in [0.1, 0.15) is 20.1 Å². The van der Waals surface area contributed by atoms with Crippen molar-refractivity contribution in [2.24, 2.45) is 0 Å². The van der Waals surface area contributed by atoms with Gasteiger partial charge in [0.1, 0.15) is 18.3 Å². The lowest BCUT2D eigenvalue weighted by Gasteiger charge is -2.24. The van der Waals surface area contributed by atoms with Gasteiger partial charge in [-0.1, -0.05) is 0 Å². The summed E-state index contributed by atoms with van der Waals surface area (Å²) >= 11 is 2.86. The zero-order valence-corrected chi connectivity index (χ0v) is 13.4. The molecule has 10 heteroatoms. The first kappa shape index (κ1) is 15.8. The Kier molecular flexibility index (Phi) is 3.98. The average molecular weight is 380 g/mol. The fraction of sp³-hybridized carbons (Fsp3) is 0.667. The number of hydrogen-bond donors (Lipinski definition) is 1. The van der Waals surface area contributed by atoms with Crippen LogP contribution in [0, 0.1) is 5.82 Å². The number of nitrogens with zero attached hydrogens (tertiary/aromatic N) is 2. The van der Waals surface area contributed by atoms with Gasteiger partial charge in [0.05, 0.1) is 29.1 Å². The molecule has 0 radical (unpaired) electrons. The van der Waals surface area contributed by atoms with Crippen LogP contribution in [0.25, 0.3) is 0 Å². The van der Waals surface area contributed by atoms with E-state index in [1.165, 1.54) is 0 Å². The lowest BCUT2D eigenvalue weighted by atomic mass is 10.1. The predicted octanol–water partition coefficient (Wildman–Crippen LogP) is 0.709. The molecule has 3 rings (SSSR count). The fourth-order valence-corrected chi connectivity index (χ4v) is 2.98. The predicted molar refractivity (Wildman–Crippen MR) is 75.5 cm³/mol. The molecule has 0 unspecified atom stereocenters. The van der Waals surface area contributed by atoms with Gasteiger partial charge in [-0.05, 0) is 13.8 Å². The van der Waals surface area contributed by atoms with E-state index < -0.39 is 47.7 Å². The Hall–Kier alpha value is -1.07. The molecule has 2 aliphatic rings. The highest BCUT2D eigenvalue weighted by atomic mass is 79.9. The van der Waals surface area contributed by atoms with E-state index in [-0.39, 0.29) is 6.61 Å². The molecule has 1 aromatic rings. The van der Waals surface area contributed by atoms with Crippen molar-refractivity contribution in [3.63, 3.8) is 0 Å². The highest BCUT2D eigenvalue weighted by Gasteiger charge is 2.56. The molecule has 3 heterocycles. The third-order valence-corrected chi connectivity index (χ3v) is 3.83. The Bertz CT molecular complexity index is 640. The first-order chi connectivity index (χ1) is 10.3. The van der Waals surface area contributed by atoms with Crippen LogP contribution < -0.4 is 11.4 Å². The van der Waals surface area contributed by atoms with Crippen molar-refractivity contribution < 1.29 is 22.4 Å². The molecule has 0 spiro atoms. The maximum Gasteiger partial charge on any atom is 0.351 e. The van der Waals surface area contributed by atoms with Crippen molar-refractivity contribution in [1.82, 2.24) is 9.55 Å². The minimum absolute atomic E-state index is 0.177. The maximum atomic E-state index is 13.6. The molecule has 2 aliphatic heterocycles. The molecule has 0 saturated carbocycles. The smallest absolute Gasteiger partial charge is 0.351 e. The number of fused-ring (bicyclic) bond motifs is 1. The highest BCUT2D eigenvalue weighted by Crippen LogP contribution is 2.42. The number of ether oxygens (including phenoxy) is 3. The Morgan fingerprint density at radius 3 is 2.86 bits per heavy atom. The summed E-state index contributed by atoms with van der Waals surface area (Å²) in [6.45, 7) is 3.68. The van der Waals surface area contributed by atoms with Gasteiger partial charge >= 0.3 is 5.69 Å². The van der Waals surface area contributed by atoms with Gasteiger partial charge in [-0.3, -0.25) is 4.57 Å². The van der Waals surface area contributed by atoms with Crippen LogP contribution in [-0.4, -0.2) is 40.3 Å². The van der Waals surface area contributed by atoms with E-state index in [4.69, 9.17) is 23.8 Å². The van der Waals surface area contributed by atoms with Crippen molar-refractivity contribution in [1.29, 1.82) is 0 Å². The van der Waals surface area contributed by atoms with Crippen LogP contribution in [0.3, 0.4) is 0 Å². The van der Waals surface area contributed by atoms with E-state index in [2.05, 4.69) is 21.2 Å². The maximum absolute atomic E-state index is 13.6. The minimum Gasteiger partial charge on any atom is -0.381 e. The van der Waals surface area contributed by atoms with E-state index in [1.807, 2.05) is 0 Å². The lowest BCUT2D eigenvalue weighted by Crippen LogP contribution is -2.35. The van der Waals surface area contributed by atoms with Crippen LogP contribution >= 0.6 is 16.3 Å². The normalized spacial score (nSPS) is 33.1. The SMILES string of the molecule is CC1(C)O[C@@H]2[C@@H](O1)[C@@H](COBr)O[C@H]2n1cc(F)c(N)nc1=O. The van der Waals surface area contributed by atoms with E-state index >= 15 is 0 Å². The summed E-state index contributed by atoms with van der Waals surface area (Å²) in [6.07, 6.45) is -1.45. The van der Waals surface area contributed by atoms with Gasteiger partial charge in [0, 0.05) is 0 Å². The number of nitrogen functional groups attached to an aromatic ring is 1. The van der Waals surface area contributed by atoms with Crippen LogP contribution in [0.4, 0.5) is 10.2 Å². The van der Waals surface area contributed by atoms with Crippen LogP contribution in [0.15, 0.2) is 11.0 Å². The number of hydrogen-bond acceptors (Lipinski definition) is 7. The molecule has 0 bridgehead atoms. The molecule has 4 atom stereocenters. The second-order valence-electron chi connectivity index (χ2n) is 5.57. The van der Waals surface area contributed by atoms with Crippen molar-refractivity contribution in [3.05, 3.63) is 22.5 Å².